The molecule has 2 amide bonds. The summed E-state index contributed by atoms with van der Waals surface area (Å²) in [6.45, 7) is 2.92. The van der Waals surface area contributed by atoms with Crippen LogP contribution >= 0.6 is 0 Å². The van der Waals surface area contributed by atoms with Crippen LogP contribution in [0.2, 0.25) is 0 Å². The summed E-state index contributed by atoms with van der Waals surface area (Å²) < 4.78 is 13.8. The zero-order valence-corrected chi connectivity index (χ0v) is 15.8. The van der Waals surface area contributed by atoms with Gasteiger partial charge in [-0.1, -0.05) is 30.3 Å². The van der Waals surface area contributed by atoms with Crippen molar-refractivity contribution in [3.8, 4) is 0 Å². The van der Waals surface area contributed by atoms with E-state index in [0.29, 0.717) is 19.0 Å². The number of benzene rings is 2. The minimum Gasteiger partial charge on any atom is -0.368 e. The quantitative estimate of drug-likeness (QED) is 0.831. The summed E-state index contributed by atoms with van der Waals surface area (Å²) in [5, 5.41) is 5.29. The Bertz CT molecular complexity index is 926. The molecule has 7 nitrogen and oxygen atoms in total. The molecule has 150 valence electrons. The zero-order valence-electron chi connectivity index (χ0n) is 15.8. The SMILES string of the molecule is O=C1CC(C(=O)Nc2ccccc2F)N=C(N2CCN(c3ccccc3)CC2)N1. The minimum atomic E-state index is -0.884. The van der Waals surface area contributed by atoms with Crippen LogP contribution in [0.25, 0.3) is 0 Å². The monoisotopic (exact) mass is 395 g/mol. The second-order valence-electron chi connectivity index (χ2n) is 7.00. The molecule has 2 aliphatic rings. The highest BCUT2D eigenvalue weighted by Gasteiger charge is 2.31. The number of carbonyl (C=O) groups is 2. The number of hydrogen-bond donors (Lipinski definition) is 2. The van der Waals surface area contributed by atoms with Gasteiger partial charge < -0.3 is 15.1 Å². The van der Waals surface area contributed by atoms with Crippen molar-refractivity contribution in [3.05, 3.63) is 60.4 Å². The van der Waals surface area contributed by atoms with Gasteiger partial charge in [-0.25, -0.2) is 9.38 Å². The van der Waals surface area contributed by atoms with Crippen molar-refractivity contribution in [1.29, 1.82) is 0 Å². The number of amides is 2. The largest absolute Gasteiger partial charge is 0.368 e. The molecule has 2 aliphatic heterocycles. The lowest BCUT2D eigenvalue weighted by atomic mass is 10.1. The standard InChI is InChI=1S/C21H22FN5O2/c22-16-8-4-5-9-17(16)23-20(29)18-14-19(28)25-21(24-18)27-12-10-26(11-13-27)15-6-2-1-3-7-15/h1-9,18H,10-14H2,(H,23,29)(H,24,25,28). The molecule has 1 atom stereocenters. The fourth-order valence-corrected chi connectivity index (χ4v) is 3.48. The number of para-hydroxylation sites is 2. The fraction of sp³-hybridized carbons (Fsp3) is 0.286. The Morgan fingerprint density at radius 1 is 1.00 bits per heavy atom. The molecule has 2 N–H and O–H groups in total. The zero-order chi connectivity index (χ0) is 20.2. The number of anilines is 2. The van der Waals surface area contributed by atoms with Gasteiger partial charge in [-0.05, 0) is 24.3 Å². The van der Waals surface area contributed by atoms with E-state index in [9.17, 15) is 14.0 Å². The van der Waals surface area contributed by atoms with Gasteiger partial charge in [-0.3, -0.25) is 14.9 Å². The van der Waals surface area contributed by atoms with Crippen LogP contribution in [0.1, 0.15) is 6.42 Å². The van der Waals surface area contributed by atoms with Crippen LogP contribution in [0.4, 0.5) is 15.8 Å². The number of nitrogens with zero attached hydrogens (tertiary/aromatic N) is 3. The Balaban J connectivity index is 1.42. The van der Waals surface area contributed by atoms with E-state index in [2.05, 4.69) is 32.7 Å². The predicted molar refractivity (Wildman–Crippen MR) is 109 cm³/mol. The molecule has 8 heteroatoms. The van der Waals surface area contributed by atoms with Gasteiger partial charge in [0.15, 0.2) is 0 Å². The molecule has 1 fully saturated rings. The van der Waals surface area contributed by atoms with Crippen molar-refractivity contribution >= 4 is 29.1 Å². The third kappa shape index (κ3) is 4.37. The molecular weight excluding hydrogens is 373 g/mol. The van der Waals surface area contributed by atoms with Gasteiger partial charge >= 0.3 is 0 Å². The van der Waals surface area contributed by atoms with E-state index in [0.717, 1.165) is 18.8 Å². The predicted octanol–water partition coefficient (Wildman–Crippen LogP) is 1.83. The Morgan fingerprint density at radius 3 is 2.38 bits per heavy atom. The average molecular weight is 395 g/mol. The number of piperazine rings is 1. The maximum Gasteiger partial charge on any atom is 0.249 e. The number of guanidine groups is 1. The van der Waals surface area contributed by atoms with Crippen molar-refractivity contribution < 1.29 is 14.0 Å². The molecule has 0 saturated carbocycles. The molecule has 0 aliphatic carbocycles. The number of hydrogen-bond acceptors (Lipinski definition) is 5. The first-order chi connectivity index (χ1) is 14.1. The van der Waals surface area contributed by atoms with Gasteiger partial charge in [0.2, 0.25) is 17.8 Å². The number of carbonyl (C=O) groups excluding carboxylic acids is 2. The lowest BCUT2D eigenvalue weighted by Gasteiger charge is -2.38. The van der Waals surface area contributed by atoms with E-state index in [-0.39, 0.29) is 18.0 Å². The van der Waals surface area contributed by atoms with Gasteiger partial charge in [0.1, 0.15) is 11.9 Å². The highest BCUT2D eigenvalue weighted by Crippen LogP contribution is 2.18. The van der Waals surface area contributed by atoms with E-state index in [4.69, 9.17) is 0 Å². The van der Waals surface area contributed by atoms with Crippen LogP contribution in [0.15, 0.2) is 59.6 Å². The number of aliphatic imine (C=N–C) groups is 1. The summed E-state index contributed by atoms with van der Waals surface area (Å²) >= 11 is 0. The van der Waals surface area contributed by atoms with Crippen molar-refractivity contribution in [2.75, 3.05) is 36.4 Å². The van der Waals surface area contributed by atoms with Crippen molar-refractivity contribution in [2.45, 2.75) is 12.5 Å². The van der Waals surface area contributed by atoms with Crippen molar-refractivity contribution in [2.24, 2.45) is 4.99 Å². The summed E-state index contributed by atoms with van der Waals surface area (Å²) in [5.41, 5.74) is 1.24. The van der Waals surface area contributed by atoms with Gasteiger partial charge in [-0.15, -0.1) is 0 Å². The molecule has 0 aromatic heterocycles. The summed E-state index contributed by atoms with van der Waals surface area (Å²) in [6.07, 6.45) is -0.0617. The lowest BCUT2D eigenvalue weighted by Crippen LogP contribution is -2.56. The Morgan fingerprint density at radius 2 is 1.66 bits per heavy atom. The smallest absolute Gasteiger partial charge is 0.249 e. The van der Waals surface area contributed by atoms with Gasteiger partial charge in [0, 0.05) is 31.9 Å². The third-order valence-corrected chi connectivity index (χ3v) is 5.04. The van der Waals surface area contributed by atoms with Crippen molar-refractivity contribution in [3.63, 3.8) is 0 Å². The summed E-state index contributed by atoms with van der Waals surface area (Å²) in [6, 6.07) is 15.2. The van der Waals surface area contributed by atoms with Gasteiger partial charge in [0.25, 0.3) is 0 Å². The first-order valence-electron chi connectivity index (χ1n) is 9.58. The van der Waals surface area contributed by atoms with Crippen LogP contribution in [0, 0.1) is 5.82 Å². The van der Waals surface area contributed by atoms with E-state index in [1.54, 1.807) is 12.1 Å². The molecule has 1 unspecified atom stereocenters. The van der Waals surface area contributed by atoms with E-state index in [1.165, 1.54) is 12.1 Å². The molecule has 29 heavy (non-hydrogen) atoms. The topological polar surface area (TPSA) is 77.0 Å². The second kappa shape index (κ2) is 8.30. The van der Waals surface area contributed by atoms with Crippen LogP contribution in [-0.4, -0.2) is 54.9 Å². The lowest BCUT2D eigenvalue weighted by molar-refractivity contribution is -0.125. The Kier molecular flexibility index (Phi) is 5.41. The highest BCUT2D eigenvalue weighted by molar-refractivity contribution is 6.06. The molecule has 2 aromatic carbocycles. The van der Waals surface area contributed by atoms with Crippen LogP contribution < -0.4 is 15.5 Å². The maximum absolute atomic E-state index is 13.8. The fourth-order valence-electron chi connectivity index (χ4n) is 3.48. The number of rotatable bonds is 3. The molecule has 2 heterocycles. The van der Waals surface area contributed by atoms with Gasteiger partial charge in [0.05, 0.1) is 12.1 Å². The summed E-state index contributed by atoms with van der Waals surface area (Å²) in [5.74, 6) is -0.885. The summed E-state index contributed by atoms with van der Waals surface area (Å²) in [4.78, 5) is 33.4. The van der Waals surface area contributed by atoms with Crippen LogP contribution in [0.3, 0.4) is 0 Å². The average Bonchev–Trinajstić information content (AvgIpc) is 2.75. The van der Waals surface area contributed by atoms with Crippen LogP contribution in [0.5, 0.6) is 0 Å². The van der Waals surface area contributed by atoms with E-state index < -0.39 is 17.8 Å². The maximum atomic E-state index is 13.8. The molecule has 0 spiro atoms. The molecule has 1 saturated heterocycles. The molecule has 2 aromatic rings. The molecular formula is C21H22FN5O2. The Labute approximate surface area is 168 Å². The van der Waals surface area contributed by atoms with Gasteiger partial charge in [-0.2, -0.15) is 0 Å². The second-order valence-corrected chi connectivity index (χ2v) is 7.00. The van der Waals surface area contributed by atoms with E-state index in [1.807, 2.05) is 23.1 Å². The molecule has 0 radical (unpaired) electrons. The summed E-state index contributed by atoms with van der Waals surface area (Å²) in [7, 11) is 0. The van der Waals surface area contributed by atoms with E-state index >= 15 is 0 Å². The minimum absolute atomic E-state index is 0.0617. The molecule has 4 rings (SSSR count). The first kappa shape index (κ1) is 18.9. The normalized spacial score (nSPS) is 19.4. The number of nitrogens with one attached hydrogen (secondary N) is 2. The van der Waals surface area contributed by atoms with Crippen molar-refractivity contribution in [1.82, 2.24) is 10.2 Å². The molecule has 0 bridgehead atoms. The third-order valence-electron chi connectivity index (χ3n) is 5.04. The number of halogens is 1. The first-order valence-corrected chi connectivity index (χ1v) is 9.58. The van der Waals surface area contributed by atoms with Crippen LogP contribution in [-0.2, 0) is 9.59 Å². The highest BCUT2D eigenvalue weighted by atomic mass is 19.1. The Hall–Kier alpha value is -3.42.